The zero-order valence-electron chi connectivity index (χ0n) is 12.3. The predicted octanol–water partition coefficient (Wildman–Crippen LogP) is 1.63. The van der Waals surface area contributed by atoms with Gasteiger partial charge >= 0.3 is 0 Å². The van der Waals surface area contributed by atoms with E-state index in [1.54, 1.807) is 6.33 Å². The number of nitrogens with zero attached hydrogens (tertiary/aromatic N) is 3. The van der Waals surface area contributed by atoms with Crippen LogP contribution in [0.1, 0.15) is 39.4 Å². The first-order valence-electron chi connectivity index (χ1n) is 7.42. The molecule has 2 unspecified atom stereocenters. The van der Waals surface area contributed by atoms with Gasteiger partial charge in [-0.25, -0.2) is 9.67 Å². The normalized spacial score (nSPS) is 21.2. The second-order valence-corrected chi connectivity index (χ2v) is 5.67. The number of likely N-dealkylation sites (N-methyl/N-ethyl adjacent to an activating group) is 1. The smallest absolute Gasteiger partial charge is 0.138 e. The predicted molar refractivity (Wildman–Crippen MR) is 75.0 cm³/mol. The van der Waals surface area contributed by atoms with E-state index < -0.39 is 0 Å². The van der Waals surface area contributed by atoms with Gasteiger partial charge in [0, 0.05) is 25.6 Å². The van der Waals surface area contributed by atoms with Crippen molar-refractivity contribution in [1.29, 1.82) is 0 Å². The molecule has 1 aromatic heterocycles. The highest BCUT2D eigenvalue weighted by atomic mass is 16.5. The standard InChI is InChI=1S/C14H26N4O/c1-4-15-12(13-6-5-7-19-13)8-14-16-10-17-18(14)9-11(2)3/h10-13,15H,4-9H2,1-3H3. The summed E-state index contributed by atoms with van der Waals surface area (Å²) in [6, 6.07) is 0.350. The van der Waals surface area contributed by atoms with Gasteiger partial charge in [0.15, 0.2) is 0 Å². The number of rotatable bonds is 7. The van der Waals surface area contributed by atoms with Crippen LogP contribution in [0.15, 0.2) is 6.33 Å². The summed E-state index contributed by atoms with van der Waals surface area (Å²) in [7, 11) is 0. The van der Waals surface area contributed by atoms with E-state index in [0.717, 1.165) is 38.4 Å². The van der Waals surface area contributed by atoms with Crippen LogP contribution < -0.4 is 5.32 Å². The minimum Gasteiger partial charge on any atom is -0.377 e. The van der Waals surface area contributed by atoms with Crippen LogP contribution in [0.25, 0.3) is 0 Å². The molecule has 19 heavy (non-hydrogen) atoms. The molecule has 2 rings (SSSR count). The Bertz CT molecular complexity index is 371. The maximum atomic E-state index is 5.82. The highest BCUT2D eigenvalue weighted by molar-refractivity contribution is 4.94. The minimum atomic E-state index is 0.323. The molecule has 0 spiro atoms. The van der Waals surface area contributed by atoms with Gasteiger partial charge in [-0.15, -0.1) is 0 Å². The van der Waals surface area contributed by atoms with Gasteiger partial charge in [0.2, 0.25) is 0 Å². The number of hydrogen-bond donors (Lipinski definition) is 1. The van der Waals surface area contributed by atoms with Crippen LogP contribution in [0.5, 0.6) is 0 Å². The third kappa shape index (κ3) is 4.01. The van der Waals surface area contributed by atoms with Crippen molar-refractivity contribution < 1.29 is 4.74 Å². The van der Waals surface area contributed by atoms with Gasteiger partial charge in [0.05, 0.1) is 6.10 Å². The molecule has 2 atom stereocenters. The summed E-state index contributed by atoms with van der Waals surface area (Å²) in [6.45, 7) is 9.33. The molecule has 108 valence electrons. The molecule has 1 saturated heterocycles. The summed E-state index contributed by atoms with van der Waals surface area (Å²) in [4.78, 5) is 4.42. The Hall–Kier alpha value is -0.940. The average Bonchev–Trinajstić information content (AvgIpc) is 3.00. The first-order chi connectivity index (χ1) is 9.20. The number of ether oxygens (including phenoxy) is 1. The van der Waals surface area contributed by atoms with Gasteiger partial charge in [0.25, 0.3) is 0 Å². The van der Waals surface area contributed by atoms with Crippen molar-refractivity contribution in [3.63, 3.8) is 0 Å². The summed E-state index contributed by atoms with van der Waals surface area (Å²) >= 11 is 0. The third-order valence-corrected chi connectivity index (χ3v) is 3.52. The molecule has 1 aliphatic heterocycles. The van der Waals surface area contributed by atoms with Gasteiger partial charge in [-0.05, 0) is 25.3 Å². The molecule has 2 heterocycles. The Balaban J connectivity index is 2.01. The Morgan fingerprint density at radius 1 is 1.53 bits per heavy atom. The average molecular weight is 266 g/mol. The van der Waals surface area contributed by atoms with Crippen LogP contribution >= 0.6 is 0 Å². The van der Waals surface area contributed by atoms with Crippen molar-refractivity contribution in [1.82, 2.24) is 20.1 Å². The molecule has 5 heteroatoms. The molecule has 0 bridgehead atoms. The molecule has 0 radical (unpaired) electrons. The summed E-state index contributed by atoms with van der Waals surface area (Å²) in [6.07, 6.45) is 5.20. The fourth-order valence-electron chi connectivity index (χ4n) is 2.66. The lowest BCUT2D eigenvalue weighted by Gasteiger charge is -2.23. The van der Waals surface area contributed by atoms with E-state index in [9.17, 15) is 0 Å². The molecule has 1 aliphatic rings. The van der Waals surface area contributed by atoms with Crippen molar-refractivity contribution in [3.05, 3.63) is 12.2 Å². The molecule has 1 N–H and O–H groups in total. The van der Waals surface area contributed by atoms with E-state index in [4.69, 9.17) is 4.74 Å². The van der Waals surface area contributed by atoms with Crippen LogP contribution in [0.3, 0.4) is 0 Å². The third-order valence-electron chi connectivity index (χ3n) is 3.52. The van der Waals surface area contributed by atoms with Crippen LogP contribution in [0.4, 0.5) is 0 Å². The fraction of sp³-hybridized carbons (Fsp3) is 0.857. The van der Waals surface area contributed by atoms with Gasteiger partial charge in [-0.3, -0.25) is 0 Å². The Kier molecular flexibility index (Phi) is 5.34. The Morgan fingerprint density at radius 2 is 2.37 bits per heavy atom. The number of aromatic nitrogens is 3. The maximum Gasteiger partial charge on any atom is 0.138 e. The topological polar surface area (TPSA) is 52.0 Å². The molecule has 1 fully saturated rings. The molecule has 0 saturated carbocycles. The first-order valence-corrected chi connectivity index (χ1v) is 7.42. The Labute approximate surface area is 115 Å². The zero-order chi connectivity index (χ0) is 13.7. The second-order valence-electron chi connectivity index (χ2n) is 5.67. The van der Waals surface area contributed by atoms with Gasteiger partial charge in [-0.2, -0.15) is 5.10 Å². The number of hydrogen-bond acceptors (Lipinski definition) is 4. The fourth-order valence-corrected chi connectivity index (χ4v) is 2.66. The van der Waals surface area contributed by atoms with E-state index in [1.165, 1.54) is 6.42 Å². The molecule has 0 aliphatic carbocycles. The molecular formula is C14H26N4O. The van der Waals surface area contributed by atoms with E-state index in [-0.39, 0.29) is 0 Å². The first kappa shape index (κ1) is 14.5. The van der Waals surface area contributed by atoms with Crippen LogP contribution in [-0.2, 0) is 17.7 Å². The summed E-state index contributed by atoms with van der Waals surface area (Å²) in [5.41, 5.74) is 0. The van der Waals surface area contributed by atoms with Crippen LogP contribution in [-0.4, -0.2) is 40.1 Å². The highest BCUT2D eigenvalue weighted by Crippen LogP contribution is 2.18. The second kappa shape index (κ2) is 7.01. The largest absolute Gasteiger partial charge is 0.377 e. The van der Waals surface area contributed by atoms with Gasteiger partial charge in [-0.1, -0.05) is 20.8 Å². The van der Waals surface area contributed by atoms with E-state index in [1.807, 2.05) is 4.68 Å². The van der Waals surface area contributed by atoms with Gasteiger partial charge in [0.1, 0.15) is 12.2 Å². The highest BCUT2D eigenvalue weighted by Gasteiger charge is 2.26. The lowest BCUT2D eigenvalue weighted by molar-refractivity contribution is 0.0778. The monoisotopic (exact) mass is 266 g/mol. The lowest BCUT2D eigenvalue weighted by atomic mass is 10.0. The minimum absolute atomic E-state index is 0.323. The van der Waals surface area contributed by atoms with Crippen molar-refractivity contribution in [2.45, 2.75) is 58.7 Å². The van der Waals surface area contributed by atoms with Gasteiger partial charge < -0.3 is 10.1 Å². The SMILES string of the molecule is CCNC(Cc1ncnn1CC(C)C)C1CCCO1. The Morgan fingerprint density at radius 3 is 3.00 bits per heavy atom. The van der Waals surface area contributed by atoms with E-state index in [0.29, 0.717) is 18.1 Å². The quantitative estimate of drug-likeness (QED) is 0.815. The summed E-state index contributed by atoms with van der Waals surface area (Å²) < 4.78 is 7.85. The van der Waals surface area contributed by atoms with Crippen LogP contribution in [0, 0.1) is 5.92 Å². The zero-order valence-corrected chi connectivity index (χ0v) is 12.3. The van der Waals surface area contributed by atoms with Crippen molar-refractivity contribution in [2.24, 2.45) is 5.92 Å². The summed E-state index contributed by atoms with van der Waals surface area (Å²) in [5.74, 6) is 1.65. The lowest BCUT2D eigenvalue weighted by Crippen LogP contribution is -2.42. The van der Waals surface area contributed by atoms with Crippen molar-refractivity contribution in [2.75, 3.05) is 13.2 Å². The molecule has 5 nitrogen and oxygen atoms in total. The van der Waals surface area contributed by atoms with Crippen molar-refractivity contribution in [3.8, 4) is 0 Å². The van der Waals surface area contributed by atoms with E-state index in [2.05, 4.69) is 36.2 Å². The molecule has 0 amide bonds. The van der Waals surface area contributed by atoms with E-state index >= 15 is 0 Å². The maximum absolute atomic E-state index is 5.82. The number of nitrogens with one attached hydrogen (secondary N) is 1. The summed E-state index contributed by atoms with van der Waals surface area (Å²) in [5, 5.41) is 7.87. The van der Waals surface area contributed by atoms with Crippen molar-refractivity contribution >= 4 is 0 Å². The molecule has 1 aromatic rings. The molecular weight excluding hydrogens is 240 g/mol. The molecule has 0 aromatic carbocycles. The van der Waals surface area contributed by atoms with Crippen LogP contribution in [0.2, 0.25) is 0 Å².